The smallest absolute Gasteiger partial charge is 0.0999 e. The summed E-state index contributed by atoms with van der Waals surface area (Å²) in [6.07, 6.45) is 3.68. The Morgan fingerprint density at radius 1 is 0.239 bits per heavy atom. The monoisotopic (exact) mass is 1170 g/mol. The van der Waals surface area contributed by atoms with Crippen LogP contribution in [-0.4, -0.2) is 32.4 Å². The molecule has 8 heteroatoms. The van der Waals surface area contributed by atoms with Crippen molar-refractivity contribution in [3.8, 4) is 51.3 Å². The summed E-state index contributed by atoms with van der Waals surface area (Å²) in [5, 5.41) is 25.7. The Balaban J connectivity index is 0.959. The predicted octanol–water partition coefficient (Wildman–Crippen LogP) is 21.2. The van der Waals surface area contributed by atoms with E-state index in [4.69, 9.17) is 0 Å². The van der Waals surface area contributed by atoms with Crippen LogP contribution in [0.1, 0.15) is 5.56 Å². The largest absolute Gasteiger partial charge is 0.309 e. The molecule has 92 heavy (non-hydrogen) atoms. The molecule has 20 aromatic rings. The molecule has 13 aromatic carbocycles. The highest BCUT2D eigenvalue weighted by Crippen LogP contribution is 2.46. The average molecular weight is 1170 g/mol. The van der Waals surface area contributed by atoms with Crippen LogP contribution in [0.15, 0.2) is 304 Å². The first-order valence-corrected chi connectivity index (χ1v) is 31.2. The maximum Gasteiger partial charge on any atom is 0.0999 e. The van der Waals surface area contributed by atoms with Gasteiger partial charge in [-0.15, -0.1) is 0 Å². The highest BCUT2D eigenvalue weighted by molar-refractivity contribution is 6.17. The van der Waals surface area contributed by atoms with Gasteiger partial charge in [0.25, 0.3) is 0 Å². The molecule has 0 aliphatic heterocycles. The molecule has 0 atom stereocenters. The molecule has 0 bridgehead atoms. The van der Waals surface area contributed by atoms with Crippen LogP contribution in [-0.2, 0) is 0 Å². The lowest BCUT2D eigenvalue weighted by Crippen LogP contribution is -2.07. The maximum absolute atomic E-state index is 11.8. The van der Waals surface area contributed by atoms with Gasteiger partial charge in [0.15, 0.2) is 0 Å². The first kappa shape index (κ1) is 50.3. The highest BCUT2D eigenvalue weighted by atomic mass is 15.1. The summed E-state index contributed by atoms with van der Waals surface area (Å²) >= 11 is 0. The summed E-state index contributed by atoms with van der Waals surface area (Å²) in [6.45, 7) is 0. The number of pyridine rings is 1. The second-order valence-corrected chi connectivity index (χ2v) is 24.2. The van der Waals surface area contributed by atoms with E-state index < -0.39 is 0 Å². The van der Waals surface area contributed by atoms with Gasteiger partial charge in [-0.25, -0.2) is 0 Å². The van der Waals surface area contributed by atoms with E-state index in [9.17, 15) is 5.26 Å². The molecule has 0 unspecified atom stereocenters. The molecule has 20 rings (SSSR count). The highest BCUT2D eigenvalue weighted by Gasteiger charge is 2.26. The van der Waals surface area contributed by atoms with Crippen molar-refractivity contribution < 1.29 is 0 Å². The van der Waals surface area contributed by atoms with Crippen molar-refractivity contribution in [2.24, 2.45) is 0 Å². The molecule has 0 aliphatic carbocycles. The summed E-state index contributed by atoms with van der Waals surface area (Å²) in [5.41, 5.74) is 21.1. The van der Waals surface area contributed by atoms with Gasteiger partial charge in [0.1, 0.15) is 0 Å². The molecule has 0 spiro atoms. The minimum absolute atomic E-state index is 0.529. The zero-order valence-corrected chi connectivity index (χ0v) is 49.4. The van der Waals surface area contributed by atoms with Crippen molar-refractivity contribution in [2.75, 3.05) is 0 Å². The lowest BCUT2D eigenvalue weighted by molar-refractivity contribution is 1.08. The van der Waals surface area contributed by atoms with E-state index in [-0.39, 0.29) is 0 Å². The molecule has 7 heterocycles. The van der Waals surface area contributed by atoms with E-state index in [2.05, 4.69) is 324 Å². The van der Waals surface area contributed by atoms with Crippen LogP contribution in [0.3, 0.4) is 0 Å². The fraction of sp³-hybridized carbons (Fsp3) is 0. The van der Waals surface area contributed by atoms with E-state index in [1.807, 2.05) is 12.3 Å². The molecule has 0 saturated heterocycles. The number of aromatic nitrogens is 7. The molecule has 0 N–H and O–H groups in total. The van der Waals surface area contributed by atoms with Crippen LogP contribution < -0.4 is 0 Å². The van der Waals surface area contributed by atoms with E-state index in [0.717, 1.165) is 133 Å². The van der Waals surface area contributed by atoms with E-state index in [1.54, 1.807) is 6.20 Å². The first-order chi connectivity index (χ1) is 45.6. The van der Waals surface area contributed by atoms with Gasteiger partial charge in [-0.2, -0.15) is 5.26 Å². The molecule has 8 nitrogen and oxygen atoms in total. The Labute approximate surface area is 526 Å². The van der Waals surface area contributed by atoms with Gasteiger partial charge in [-0.3, -0.25) is 4.98 Å². The van der Waals surface area contributed by atoms with Gasteiger partial charge in [0.05, 0.1) is 89.2 Å². The van der Waals surface area contributed by atoms with Crippen LogP contribution >= 0.6 is 0 Å². The summed E-state index contributed by atoms with van der Waals surface area (Å²) in [4.78, 5) is 4.69. The van der Waals surface area contributed by atoms with E-state index in [0.29, 0.717) is 5.56 Å². The Kier molecular flexibility index (Phi) is 10.5. The fourth-order valence-corrected chi connectivity index (χ4v) is 15.7. The lowest BCUT2D eigenvalue weighted by Gasteiger charge is -2.20. The fourth-order valence-electron chi connectivity index (χ4n) is 15.7. The Bertz CT molecular complexity index is 6040. The molecule has 0 aliphatic rings. The Morgan fingerprint density at radius 2 is 0.500 bits per heavy atom. The maximum atomic E-state index is 11.8. The normalized spacial score (nSPS) is 12.1. The number of fused-ring (bicyclic) bond motifs is 18. The van der Waals surface area contributed by atoms with Crippen molar-refractivity contribution in [1.82, 2.24) is 32.4 Å². The minimum Gasteiger partial charge on any atom is -0.309 e. The Hall–Kier alpha value is -12.7. The van der Waals surface area contributed by atoms with Crippen molar-refractivity contribution in [1.29, 1.82) is 5.26 Å². The predicted molar refractivity (Wildman–Crippen MR) is 380 cm³/mol. The summed E-state index contributed by atoms with van der Waals surface area (Å²) in [5.74, 6) is 0. The topological polar surface area (TPSA) is 66.3 Å². The number of nitrogens with zero attached hydrogens (tertiary/aromatic N) is 8. The Morgan fingerprint density at radius 3 is 0.761 bits per heavy atom. The second kappa shape index (κ2) is 19.2. The average Bonchev–Trinajstić information content (AvgIpc) is 1.83. The quantitative estimate of drug-likeness (QED) is 0.160. The number of rotatable bonds is 7. The number of benzene rings is 13. The van der Waals surface area contributed by atoms with Crippen LogP contribution in [0.25, 0.3) is 176 Å². The van der Waals surface area contributed by atoms with Gasteiger partial charge in [-0.05, 0) is 115 Å². The third-order valence-electron chi connectivity index (χ3n) is 19.5. The molecule has 426 valence electrons. The third-order valence-corrected chi connectivity index (χ3v) is 19.5. The molecule has 0 amide bonds. The van der Waals surface area contributed by atoms with Crippen LogP contribution in [0, 0.1) is 11.3 Å². The van der Waals surface area contributed by atoms with Crippen molar-refractivity contribution >= 4 is 131 Å². The van der Waals surface area contributed by atoms with Crippen LogP contribution in [0.5, 0.6) is 0 Å². The van der Waals surface area contributed by atoms with E-state index in [1.165, 1.54) is 43.1 Å². The molecular formula is C84H50N8. The summed E-state index contributed by atoms with van der Waals surface area (Å²) < 4.78 is 14.6. The van der Waals surface area contributed by atoms with Crippen molar-refractivity contribution in [3.63, 3.8) is 0 Å². The van der Waals surface area contributed by atoms with Crippen LogP contribution in [0.2, 0.25) is 0 Å². The van der Waals surface area contributed by atoms with Gasteiger partial charge in [0.2, 0.25) is 0 Å². The zero-order valence-electron chi connectivity index (χ0n) is 49.4. The number of para-hydroxylation sites is 8. The molecular weight excluding hydrogens is 1120 g/mol. The summed E-state index contributed by atoms with van der Waals surface area (Å²) in [6, 6.07) is 109. The second-order valence-electron chi connectivity index (χ2n) is 24.2. The third kappa shape index (κ3) is 7.01. The van der Waals surface area contributed by atoms with Gasteiger partial charge in [-0.1, -0.05) is 176 Å². The van der Waals surface area contributed by atoms with Crippen molar-refractivity contribution in [3.05, 3.63) is 309 Å². The van der Waals surface area contributed by atoms with Gasteiger partial charge >= 0.3 is 0 Å². The molecule has 0 fully saturated rings. The molecule has 0 saturated carbocycles. The number of hydrogen-bond donors (Lipinski definition) is 0. The van der Waals surface area contributed by atoms with Gasteiger partial charge < -0.3 is 27.4 Å². The minimum atomic E-state index is 0.529. The van der Waals surface area contributed by atoms with Crippen molar-refractivity contribution in [2.45, 2.75) is 0 Å². The standard InChI is InChI=1S/C84H50N8/c85-50-53-44-83(91-79-45-54(87-71-27-9-1-19-58(71)59-20-2-10-28-72(59)87)35-39-66(79)67-40-36-55(46-80(67)91)88-73-29-11-3-21-60(73)61-22-4-12-30-74(61)88)84(49-70(53)52-18-17-43-86-51-52)92-81-47-56(89-75-31-13-5-23-62(75)63-24-6-14-32-76(63)89)37-41-68(81)69-42-38-57(48-82(69)92)90-77-33-15-7-25-64(77)65-26-8-16-34-78(65)90/h1-49,51H. The first-order valence-electron chi connectivity index (χ1n) is 31.2. The SMILES string of the molecule is N#Cc1cc(-n2c3cc(-n4c5ccccc5c5ccccc54)ccc3c3ccc(-n4c5ccccc5c5ccccc54)cc32)c(-n2c3cc(-n4c5ccccc5c5ccccc54)ccc3c3ccc(-n4c5ccccc5c5ccccc54)cc32)cc1-c1cccnc1. The molecule has 0 radical (unpaired) electrons. The number of nitriles is 1. The molecule has 7 aromatic heterocycles. The van der Waals surface area contributed by atoms with Gasteiger partial charge in [0, 0.05) is 111 Å². The zero-order chi connectivity index (χ0) is 60.3. The summed E-state index contributed by atoms with van der Waals surface area (Å²) in [7, 11) is 0. The lowest BCUT2D eigenvalue weighted by atomic mass is 9.99. The number of hydrogen-bond acceptors (Lipinski definition) is 2. The van der Waals surface area contributed by atoms with Crippen LogP contribution in [0.4, 0.5) is 0 Å². The van der Waals surface area contributed by atoms with E-state index >= 15 is 0 Å².